The van der Waals surface area contributed by atoms with Crippen LogP contribution < -0.4 is 0 Å². The van der Waals surface area contributed by atoms with Gasteiger partial charge in [-0.3, -0.25) is 0 Å². The summed E-state index contributed by atoms with van der Waals surface area (Å²) in [6.45, 7) is 10.3. The SMILES string of the molecule is C/C=C\c1cc(C)[nH]c1CC.CC. The van der Waals surface area contributed by atoms with Crippen molar-refractivity contribution in [2.45, 2.75) is 41.0 Å². The Labute approximate surface area is 81.9 Å². The van der Waals surface area contributed by atoms with Gasteiger partial charge in [-0.25, -0.2) is 0 Å². The maximum Gasteiger partial charge on any atom is 0.0219 e. The molecule has 0 fully saturated rings. The Hall–Kier alpha value is -0.980. The standard InChI is InChI=1S/C10H15N.C2H6/c1-4-6-9-7-8(3)11-10(9)5-2;1-2/h4,6-7,11H,5H2,1-3H3;1-2H3/b6-4-;. The van der Waals surface area contributed by atoms with E-state index in [1.807, 2.05) is 20.8 Å². The van der Waals surface area contributed by atoms with E-state index in [4.69, 9.17) is 0 Å². The van der Waals surface area contributed by atoms with Gasteiger partial charge >= 0.3 is 0 Å². The van der Waals surface area contributed by atoms with Gasteiger partial charge in [0.05, 0.1) is 0 Å². The molecule has 0 aliphatic heterocycles. The highest BCUT2D eigenvalue weighted by atomic mass is 14.7. The van der Waals surface area contributed by atoms with Gasteiger partial charge in [-0.05, 0) is 31.9 Å². The summed E-state index contributed by atoms with van der Waals surface area (Å²) in [5, 5.41) is 0. The molecular formula is C12H21N. The lowest BCUT2D eigenvalue weighted by molar-refractivity contribution is 1.04. The molecule has 0 atom stereocenters. The van der Waals surface area contributed by atoms with Crippen LogP contribution in [-0.2, 0) is 6.42 Å². The van der Waals surface area contributed by atoms with Crippen molar-refractivity contribution < 1.29 is 0 Å². The summed E-state index contributed by atoms with van der Waals surface area (Å²) in [7, 11) is 0. The number of allylic oxidation sites excluding steroid dienone is 1. The predicted octanol–water partition coefficient (Wildman–Crippen LogP) is 3.94. The first-order chi connectivity index (χ1) is 6.27. The van der Waals surface area contributed by atoms with Crippen LogP contribution in [0.1, 0.15) is 44.6 Å². The molecule has 0 unspecified atom stereocenters. The average molecular weight is 179 g/mol. The molecule has 0 aliphatic rings. The van der Waals surface area contributed by atoms with E-state index in [9.17, 15) is 0 Å². The van der Waals surface area contributed by atoms with Gasteiger partial charge in [-0.15, -0.1) is 0 Å². The number of aromatic amines is 1. The number of hydrogen-bond acceptors (Lipinski definition) is 0. The van der Waals surface area contributed by atoms with E-state index in [1.54, 1.807) is 0 Å². The van der Waals surface area contributed by atoms with Crippen molar-refractivity contribution in [2.75, 3.05) is 0 Å². The van der Waals surface area contributed by atoms with E-state index in [-0.39, 0.29) is 0 Å². The average Bonchev–Trinajstić information content (AvgIpc) is 2.50. The van der Waals surface area contributed by atoms with E-state index >= 15 is 0 Å². The van der Waals surface area contributed by atoms with Crippen LogP contribution in [0.15, 0.2) is 12.1 Å². The smallest absolute Gasteiger partial charge is 0.0219 e. The van der Waals surface area contributed by atoms with Crippen LogP contribution >= 0.6 is 0 Å². The van der Waals surface area contributed by atoms with Crippen LogP contribution in [0.5, 0.6) is 0 Å². The summed E-state index contributed by atoms with van der Waals surface area (Å²) >= 11 is 0. The number of aryl methyl sites for hydroxylation is 2. The van der Waals surface area contributed by atoms with E-state index in [0.717, 1.165) is 6.42 Å². The van der Waals surface area contributed by atoms with Crippen LogP contribution in [0, 0.1) is 6.92 Å². The minimum absolute atomic E-state index is 1.08. The zero-order valence-corrected chi connectivity index (χ0v) is 9.44. The van der Waals surface area contributed by atoms with Crippen molar-refractivity contribution in [3.8, 4) is 0 Å². The van der Waals surface area contributed by atoms with Crippen LogP contribution in [0.4, 0.5) is 0 Å². The van der Waals surface area contributed by atoms with Crippen molar-refractivity contribution in [3.05, 3.63) is 29.1 Å². The maximum atomic E-state index is 3.33. The van der Waals surface area contributed by atoms with Crippen LogP contribution in [-0.4, -0.2) is 4.98 Å². The lowest BCUT2D eigenvalue weighted by Crippen LogP contribution is -1.81. The number of nitrogens with one attached hydrogen (secondary N) is 1. The Morgan fingerprint density at radius 2 is 2.00 bits per heavy atom. The van der Waals surface area contributed by atoms with Crippen molar-refractivity contribution in [1.82, 2.24) is 4.98 Å². The first-order valence-electron chi connectivity index (χ1n) is 5.09. The van der Waals surface area contributed by atoms with Crippen LogP contribution in [0.3, 0.4) is 0 Å². The molecule has 1 rings (SSSR count). The second-order valence-electron chi connectivity index (χ2n) is 2.74. The monoisotopic (exact) mass is 179 g/mol. The molecule has 1 N–H and O–H groups in total. The maximum absolute atomic E-state index is 3.33. The highest BCUT2D eigenvalue weighted by Gasteiger charge is 1.98. The Morgan fingerprint density at radius 1 is 1.38 bits per heavy atom. The van der Waals surface area contributed by atoms with Gasteiger partial charge in [0.25, 0.3) is 0 Å². The first kappa shape index (κ1) is 12.0. The minimum atomic E-state index is 1.08. The predicted molar refractivity (Wildman–Crippen MR) is 61.0 cm³/mol. The molecule has 0 radical (unpaired) electrons. The van der Waals surface area contributed by atoms with E-state index < -0.39 is 0 Å². The second kappa shape index (κ2) is 6.53. The summed E-state index contributed by atoms with van der Waals surface area (Å²) in [6.07, 6.45) is 5.29. The molecular weight excluding hydrogens is 158 g/mol. The van der Waals surface area contributed by atoms with E-state index in [2.05, 4.69) is 37.0 Å². The number of hydrogen-bond donors (Lipinski definition) is 1. The van der Waals surface area contributed by atoms with Gasteiger partial charge in [-0.2, -0.15) is 0 Å². The van der Waals surface area contributed by atoms with Crippen molar-refractivity contribution in [2.24, 2.45) is 0 Å². The lowest BCUT2D eigenvalue weighted by Gasteiger charge is -1.92. The fourth-order valence-electron chi connectivity index (χ4n) is 1.29. The van der Waals surface area contributed by atoms with Gasteiger partial charge in [0, 0.05) is 11.4 Å². The van der Waals surface area contributed by atoms with Gasteiger partial charge in [-0.1, -0.05) is 32.9 Å². The zero-order valence-electron chi connectivity index (χ0n) is 9.44. The van der Waals surface area contributed by atoms with Gasteiger partial charge < -0.3 is 4.98 Å². The van der Waals surface area contributed by atoms with Crippen LogP contribution in [0.2, 0.25) is 0 Å². The van der Waals surface area contributed by atoms with E-state index in [1.165, 1.54) is 17.0 Å². The summed E-state index contributed by atoms with van der Waals surface area (Å²) < 4.78 is 0. The van der Waals surface area contributed by atoms with Crippen molar-refractivity contribution >= 4 is 6.08 Å². The summed E-state index contributed by atoms with van der Waals surface area (Å²) in [6, 6.07) is 2.18. The number of aromatic nitrogens is 1. The lowest BCUT2D eigenvalue weighted by atomic mass is 10.2. The minimum Gasteiger partial charge on any atom is -0.362 e. The molecule has 0 amide bonds. The van der Waals surface area contributed by atoms with Gasteiger partial charge in [0.2, 0.25) is 0 Å². The largest absolute Gasteiger partial charge is 0.362 e. The van der Waals surface area contributed by atoms with Crippen LogP contribution in [0.25, 0.3) is 6.08 Å². The molecule has 74 valence electrons. The Balaban J connectivity index is 0.000000671. The molecule has 0 aliphatic carbocycles. The molecule has 0 aromatic carbocycles. The summed E-state index contributed by atoms with van der Waals surface area (Å²) in [5.41, 5.74) is 3.91. The summed E-state index contributed by atoms with van der Waals surface area (Å²) in [4.78, 5) is 3.33. The first-order valence-corrected chi connectivity index (χ1v) is 5.09. The second-order valence-corrected chi connectivity index (χ2v) is 2.74. The summed E-state index contributed by atoms with van der Waals surface area (Å²) in [5.74, 6) is 0. The molecule has 0 saturated heterocycles. The third kappa shape index (κ3) is 3.49. The molecule has 13 heavy (non-hydrogen) atoms. The van der Waals surface area contributed by atoms with E-state index in [0.29, 0.717) is 0 Å². The van der Waals surface area contributed by atoms with Crippen molar-refractivity contribution in [1.29, 1.82) is 0 Å². The highest BCUT2D eigenvalue weighted by Crippen LogP contribution is 2.12. The van der Waals surface area contributed by atoms with Crippen molar-refractivity contribution in [3.63, 3.8) is 0 Å². The molecule has 0 saturated carbocycles. The fraction of sp³-hybridized carbons (Fsp3) is 0.500. The quantitative estimate of drug-likeness (QED) is 0.707. The highest BCUT2D eigenvalue weighted by molar-refractivity contribution is 5.53. The number of H-pyrrole nitrogens is 1. The Bertz CT molecular complexity index is 256. The third-order valence-electron chi connectivity index (χ3n) is 1.77. The molecule has 1 heteroatoms. The normalized spacial score (nSPS) is 9.92. The zero-order chi connectivity index (χ0) is 10.3. The van der Waals surface area contributed by atoms with Gasteiger partial charge in [0.15, 0.2) is 0 Å². The molecule has 0 spiro atoms. The Kier molecular flexibility index (Phi) is 6.03. The third-order valence-corrected chi connectivity index (χ3v) is 1.77. The molecule has 1 aromatic heterocycles. The molecule has 0 bridgehead atoms. The topological polar surface area (TPSA) is 15.8 Å². The number of rotatable bonds is 2. The fourth-order valence-corrected chi connectivity index (χ4v) is 1.29. The molecule has 1 heterocycles. The Morgan fingerprint density at radius 3 is 2.46 bits per heavy atom. The molecule has 1 aromatic rings. The van der Waals surface area contributed by atoms with Gasteiger partial charge in [0.1, 0.15) is 0 Å². The molecule has 1 nitrogen and oxygen atoms in total.